The maximum Gasteiger partial charge on any atom is 0.410 e. The fourth-order valence-corrected chi connectivity index (χ4v) is 5.20. The number of carbonyl (C=O) groups is 1. The van der Waals surface area contributed by atoms with Gasteiger partial charge in [-0.2, -0.15) is 0 Å². The number of aliphatic hydroxyl groups is 2. The number of amides is 1. The first-order chi connectivity index (χ1) is 17.6. The van der Waals surface area contributed by atoms with Crippen LogP contribution in [0.25, 0.3) is 0 Å². The van der Waals surface area contributed by atoms with E-state index in [1.807, 2.05) is 30.3 Å². The Bertz CT molecular complexity index is 648. The summed E-state index contributed by atoms with van der Waals surface area (Å²) in [6.07, 6.45) is 14.8. The largest absolute Gasteiger partial charge is 0.445 e. The van der Waals surface area contributed by atoms with Gasteiger partial charge in [-0.15, -0.1) is 0 Å². The van der Waals surface area contributed by atoms with Crippen molar-refractivity contribution < 1.29 is 19.7 Å². The van der Waals surface area contributed by atoms with Crippen LogP contribution >= 0.6 is 0 Å². The lowest BCUT2D eigenvalue weighted by Crippen LogP contribution is -2.45. The third kappa shape index (κ3) is 13.1. The van der Waals surface area contributed by atoms with Crippen molar-refractivity contribution in [2.24, 2.45) is 5.92 Å². The molecule has 36 heavy (non-hydrogen) atoms. The van der Waals surface area contributed by atoms with E-state index in [2.05, 4.69) is 16.8 Å². The minimum atomic E-state index is -0.164. The summed E-state index contributed by atoms with van der Waals surface area (Å²) in [5.41, 5.74) is 1.02. The molecule has 0 atom stereocenters. The van der Waals surface area contributed by atoms with E-state index in [4.69, 9.17) is 14.9 Å². The predicted octanol–water partition coefficient (Wildman–Crippen LogP) is 6.00. The van der Waals surface area contributed by atoms with Gasteiger partial charge < -0.3 is 24.7 Å². The Labute approximate surface area is 220 Å². The van der Waals surface area contributed by atoms with Gasteiger partial charge in [-0.3, -0.25) is 0 Å². The Hall–Kier alpha value is -1.63. The molecular formula is C30H52N2O4. The number of benzene rings is 1. The number of hydrogen-bond acceptors (Lipinski definition) is 5. The molecule has 1 aliphatic heterocycles. The van der Waals surface area contributed by atoms with Crippen LogP contribution in [-0.2, 0) is 11.3 Å². The van der Waals surface area contributed by atoms with Gasteiger partial charge in [-0.25, -0.2) is 4.79 Å². The fraction of sp³-hybridized carbons (Fsp3) is 0.767. The Balaban J connectivity index is 2.01. The van der Waals surface area contributed by atoms with E-state index in [-0.39, 0.29) is 25.3 Å². The summed E-state index contributed by atoms with van der Waals surface area (Å²) in [7, 11) is 2.18. The summed E-state index contributed by atoms with van der Waals surface area (Å²) >= 11 is 0. The first-order valence-electron chi connectivity index (χ1n) is 14.5. The summed E-state index contributed by atoms with van der Waals surface area (Å²) in [5.74, 6) is 0.530. The number of nitrogens with zero attached hydrogens (tertiary/aromatic N) is 2. The van der Waals surface area contributed by atoms with Crippen LogP contribution < -0.4 is 0 Å². The van der Waals surface area contributed by atoms with Gasteiger partial charge in [-0.1, -0.05) is 81.7 Å². The second-order valence-electron chi connectivity index (χ2n) is 10.7. The molecule has 0 spiro atoms. The average molecular weight is 505 g/mol. The lowest BCUT2D eigenvalue weighted by Gasteiger charge is -2.37. The monoisotopic (exact) mass is 504 g/mol. The van der Waals surface area contributed by atoms with Crippen molar-refractivity contribution in [3.8, 4) is 0 Å². The molecule has 2 N–H and O–H groups in total. The molecule has 1 heterocycles. The molecule has 0 saturated carbocycles. The zero-order valence-corrected chi connectivity index (χ0v) is 22.8. The number of rotatable bonds is 19. The molecule has 1 fully saturated rings. The molecule has 0 aliphatic carbocycles. The van der Waals surface area contributed by atoms with Gasteiger partial charge in [0.05, 0.1) is 0 Å². The molecule has 2 rings (SSSR count). The SMILES string of the molecule is CN1CCC(CN(C(=O)OCc2ccccc2)C(CCCCCCCO)CCCCCCCO)CC1. The first kappa shape index (κ1) is 30.6. The average Bonchev–Trinajstić information content (AvgIpc) is 2.90. The number of piperidine rings is 1. The van der Waals surface area contributed by atoms with E-state index in [1.165, 1.54) is 0 Å². The fourth-order valence-electron chi connectivity index (χ4n) is 5.20. The predicted molar refractivity (Wildman–Crippen MR) is 147 cm³/mol. The third-order valence-electron chi connectivity index (χ3n) is 7.56. The highest BCUT2D eigenvalue weighted by Gasteiger charge is 2.29. The number of ether oxygens (including phenoxy) is 1. The number of likely N-dealkylation sites (tertiary alicyclic amines) is 1. The zero-order valence-electron chi connectivity index (χ0n) is 22.8. The lowest BCUT2D eigenvalue weighted by molar-refractivity contribution is 0.0607. The molecule has 0 aromatic heterocycles. The molecule has 6 heteroatoms. The van der Waals surface area contributed by atoms with Crippen LogP contribution in [0.2, 0.25) is 0 Å². The summed E-state index contributed by atoms with van der Waals surface area (Å²) in [5, 5.41) is 18.1. The minimum Gasteiger partial charge on any atom is -0.445 e. The molecule has 0 unspecified atom stereocenters. The van der Waals surface area contributed by atoms with Crippen molar-refractivity contribution in [2.45, 2.75) is 103 Å². The molecule has 0 bridgehead atoms. The van der Waals surface area contributed by atoms with Crippen LogP contribution in [0.15, 0.2) is 30.3 Å². The van der Waals surface area contributed by atoms with Gasteiger partial charge in [0, 0.05) is 25.8 Å². The second-order valence-corrected chi connectivity index (χ2v) is 10.7. The first-order valence-corrected chi connectivity index (χ1v) is 14.5. The Morgan fingerprint density at radius 3 is 1.97 bits per heavy atom. The number of aliphatic hydroxyl groups excluding tert-OH is 2. The van der Waals surface area contributed by atoms with E-state index in [0.29, 0.717) is 12.5 Å². The maximum atomic E-state index is 13.5. The molecule has 1 aromatic carbocycles. The molecule has 1 amide bonds. The molecule has 1 saturated heterocycles. The molecule has 206 valence electrons. The zero-order chi connectivity index (χ0) is 25.8. The van der Waals surface area contributed by atoms with E-state index < -0.39 is 0 Å². The molecule has 0 radical (unpaired) electrons. The van der Waals surface area contributed by atoms with Crippen molar-refractivity contribution in [1.29, 1.82) is 0 Å². The lowest BCUT2D eigenvalue weighted by atomic mass is 9.94. The van der Waals surface area contributed by atoms with Gasteiger partial charge >= 0.3 is 6.09 Å². The summed E-state index contributed by atoms with van der Waals surface area (Å²) in [6.45, 7) is 3.85. The van der Waals surface area contributed by atoms with Crippen molar-refractivity contribution in [3.05, 3.63) is 35.9 Å². The third-order valence-corrected chi connectivity index (χ3v) is 7.56. The summed E-state index contributed by atoms with van der Waals surface area (Å²) < 4.78 is 5.87. The van der Waals surface area contributed by atoms with E-state index in [9.17, 15) is 4.79 Å². The van der Waals surface area contributed by atoms with Crippen LogP contribution in [0, 0.1) is 5.92 Å². The number of unbranched alkanes of at least 4 members (excludes halogenated alkanes) is 8. The van der Waals surface area contributed by atoms with Crippen molar-refractivity contribution in [3.63, 3.8) is 0 Å². The number of carbonyl (C=O) groups excluding carboxylic acids is 1. The van der Waals surface area contributed by atoms with Crippen LogP contribution in [0.1, 0.15) is 95.5 Å². The number of hydrogen-bond donors (Lipinski definition) is 2. The molecular weight excluding hydrogens is 452 g/mol. The van der Waals surface area contributed by atoms with Crippen LogP contribution in [-0.4, -0.2) is 72.0 Å². The highest BCUT2D eigenvalue weighted by atomic mass is 16.6. The quantitative estimate of drug-likeness (QED) is 0.226. The molecule has 1 aromatic rings. The van der Waals surface area contributed by atoms with E-state index >= 15 is 0 Å². The van der Waals surface area contributed by atoms with E-state index in [1.54, 1.807) is 0 Å². The Kier molecular flexibility index (Phi) is 16.6. The van der Waals surface area contributed by atoms with Gasteiger partial charge in [0.25, 0.3) is 0 Å². The normalized spacial score (nSPS) is 14.9. The summed E-state index contributed by atoms with van der Waals surface area (Å²) in [6, 6.07) is 10.2. The van der Waals surface area contributed by atoms with Crippen LogP contribution in [0.5, 0.6) is 0 Å². The highest BCUT2D eigenvalue weighted by molar-refractivity contribution is 5.68. The van der Waals surface area contributed by atoms with Crippen LogP contribution in [0.3, 0.4) is 0 Å². The smallest absolute Gasteiger partial charge is 0.410 e. The Morgan fingerprint density at radius 2 is 1.42 bits per heavy atom. The van der Waals surface area contributed by atoms with Gasteiger partial charge in [0.15, 0.2) is 0 Å². The van der Waals surface area contributed by atoms with Gasteiger partial charge in [0.2, 0.25) is 0 Å². The molecule has 6 nitrogen and oxygen atoms in total. The summed E-state index contributed by atoms with van der Waals surface area (Å²) in [4.78, 5) is 17.9. The van der Waals surface area contributed by atoms with Crippen molar-refractivity contribution in [2.75, 3.05) is 39.9 Å². The van der Waals surface area contributed by atoms with Crippen molar-refractivity contribution >= 4 is 6.09 Å². The van der Waals surface area contributed by atoms with Gasteiger partial charge in [-0.05, 0) is 70.1 Å². The second kappa shape index (κ2) is 19.5. The minimum absolute atomic E-state index is 0.164. The Morgan fingerprint density at radius 1 is 0.889 bits per heavy atom. The standard InChI is InChI=1S/C30H52N2O4/c1-31-21-19-27(20-22-31)25-32(30(35)36-26-28-15-9-8-10-16-28)29(17-11-4-2-6-13-23-33)18-12-5-3-7-14-24-34/h8-10,15-16,27,29,33-34H,2-7,11-14,17-26H2,1H3. The highest BCUT2D eigenvalue weighted by Crippen LogP contribution is 2.24. The molecule has 1 aliphatic rings. The van der Waals surface area contributed by atoms with Crippen LogP contribution in [0.4, 0.5) is 4.79 Å². The van der Waals surface area contributed by atoms with E-state index in [0.717, 1.165) is 115 Å². The maximum absolute atomic E-state index is 13.5. The van der Waals surface area contributed by atoms with Gasteiger partial charge in [0.1, 0.15) is 6.61 Å². The topological polar surface area (TPSA) is 73.2 Å². The van der Waals surface area contributed by atoms with Crippen molar-refractivity contribution in [1.82, 2.24) is 9.80 Å².